The molecule has 2 aromatic heterocycles. The molecule has 0 amide bonds. The number of tetrazole rings is 1. The largest absolute Gasteiger partial charge is 0.573 e. The third-order valence-electron chi connectivity index (χ3n) is 2.65. The lowest BCUT2D eigenvalue weighted by Gasteiger charge is -2.09. The summed E-state index contributed by atoms with van der Waals surface area (Å²) >= 11 is 0. The van der Waals surface area contributed by atoms with Gasteiger partial charge in [-0.3, -0.25) is 0 Å². The third-order valence-corrected chi connectivity index (χ3v) is 2.65. The minimum Gasteiger partial charge on any atom is -0.406 e. The first kappa shape index (κ1) is 14.0. The Hall–Kier alpha value is -2.97. The van der Waals surface area contributed by atoms with E-state index in [9.17, 15) is 13.2 Å². The minimum atomic E-state index is -4.72. The van der Waals surface area contributed by atoms with E-state index in [0.29, 0.717) is 22.8 Å². The Morgan fingerprint density at radius 2 is 1.77 bits per heavy atom. The van der Waals surface area contributed by atoms with Crippen molar-refractivity contribution in [3.05, 3.63) is 42.5 Å². The predicted molar refractivity (Wildman–Crippen MR) is 68.4 cm³/mol. The molecule has 0 fully saturated rings. The third kappa shape index (κ3) is 3.19. The van der Waals surface area contributed by atoms with Crippen LogP contribution >= 0.6 is 0 Å². The Labute approximate surface area is 122 Å². The van der Waals surface area contributed by atoms with Gasteiger partial charge in [0.1, 0.15) is 11.4 Å². The van der Waals surface area contributed by atoms with Crippen molar-refractivity contribution < 1.29 is 17.9 Å². The van der Waals surface area contributed by atoms with Crippen LogP contribution in [0.4, 0.5) is 13.2 Å². The molecule has 0 bridgehead atoms. The number of ether oxygens (including phenoxy) is 1. The predicted octanol–water partition coefficient (Wildman–Crippen LogP) is 2.63. The SMILES string of the molecule is FC(F)(F)Oc1ccc(-c2c[c]cc(-c3nnn[nH]3)n2)cc1. The van der Waals surface area contributed by atoms with E-state index in [4.69, 9.17) is 0 Å². The molecule has 0 spiro atoms. The van der Waals surface area contributed by atoms with Crippen LogP contribution in [0.1, 0.15) is 0 Å². The molecule has 0 saturated carbocycles. The van der Waals surface area contributed by atoms with Crippen LogP contribution in [0.15, 0.2) is 36.4 Å². The summed E-state index contributed by atoms with van der Waals surface area (Å²) in [6.07, 6.45) is -4.72. The number of hydrogen-bond acceptors (Lipinski definition) is 5. The number of H-pyrrole nitrogens is 1. The Kier molecular flexibility index (Phi) is 3.45. The van der Waals surface area contributed by atoms with Gasteiger partial charge in [0.2, 0.25) is 0 Å². The highest BCUT2D eigenvalue weighted by Gasteiger charge is 2.30. The summed E-state index contributed by atoms with van der Waals surface area (Å²) in [6.45, 7) is 0. The molecule has 1 radical (unpaired) electrons. The highest BCUT2D eigenvalue weighted by atomic mass is 19.4. The fourth-order valence-electron chi connectivity index (χ4n) is 1.76. The van der Waals surface area contributed by atoms with E-state index in [1.165, 1.54) is 24.3 Å². The Morgan fingerprint density at radius 1 is 1.05 bits per heavy atom. The van der Waals surface area contributed by atoms with Crippen LogP contribution in [0, 0.1) is 6.07 Å². The van der Waals surface area contributed by atoms with Crippen molar-refractivity contribution in [2.24, 2.45) is 0 Å². The fraction of sp³-hybridized carbons (Fsp3) is 0.0769. The summed E-state index contributed by atoms with van der Waals surface area (Å²) in [7, 11) is 0. The molecule has 111 valence electrons. The first-order valence-corrected chi connectivity index (χ1v) is 6.00. The number of halogens is 3. The quantitative estimate of drug-likeness (QED) is 0.805. The van der Waals surface area contributed by atoms with Gasteiger partial charge in [-0.2, -0.15) is 0 Å². The average Bonchev–Trinajstić information content (AvgIpc) is 3.01. The van der Waals surface area contributed by atoms with Gasteiger partial charge in [-0.05, 0) is 52.9 Å². The van der Waals surface area contributed by atoms with Gasteiger partial charge in [-0.15, -0.1) is 18.3 Å². The number of aromatic amines is 1. The van der Waals surface area contributed by atoms with E-state index >= 15 is 0 Å². The Bertz CT molecular complexity index is 756. The van der Waals surface area contributed by atoms with Gasteiger partial charge in [0.05, 0.1) is 5.69 Å². The van der Waals surface area contributed by atoms with Crippen molar-refractivity contribution in [2.75, 3.05) is 0 Å². The van der Waals surface area contributed by atoms with Crippen LogP contribution in [0.5, 0.6) is 5.75 Å². The van der Waals surface area contributed by atoms with Crippen molar-refractivity contribution in [1.29, 1.82) is 0 Å². The van der Waals surface area contributed by atoms with Crippen molar-refractivity contribution in [2.45, 2.75) is 6.36 Å². The number of aromatic nitrogens is 5. The fourth-order valence-corrected chi connectivity index (χ4v) is 1.76. The van der Waals surface area contributed by atoms with Gasteiger partial charge in [-0.1, -0.05) is 0 Å². The molecule has 0 saturated heterocycles. The van der Waals surface area contributed by atoms with E-state index in [2.05, 4.69) is 36.4 Å². The highest BCUT2D eigenvalue weighted by Crippen LogP contribution is 2.26. The molecule has 2 heterocycles. The minimum absolute atomic E-state index is 0.296. The average molecular weight is 306 g/mol. The molecule has 3 rings (SSSR count). The molecule has 0 aliphatic rings. The Morgan fingerprint density at radius 3 is 2.41 bits per heavy atom. The maximum absolute atomic E-state index is 12.1. The number of nitrogens with zero attached hydrogens (tertiary/aromatic N) is 4. The monoisotopic (exact) mass is 306 g/mol. The summed E-state index contributed by atoms with van der Waals surface area (Å²) < 4.78 is 40.2. The van der Waals surface area contributed by atoms with E-state index in [0.717, 1.165) is 0 Å². The second-order valence-electron chi connectivity index (χ2n) is 4.16. The molecule has 3 aromatic rings. The zero-order chi connectivity index (χ0) is 15.6. The van der Waals surface area contributed by atoms with Crippen LogP contribution in [0.3, 0.4) is 0 Å². The van der Waals surface area contributed by atoms with Gasteiger partial charge < -0.3 is 4.74 Å². The number of rotatable bonds is 3. The topological polar surface area (TPSA) is 76.6 Å². The Balaban J connectivity index is 1.87. The summed E-state index contributed by atoms with van der Waals surface area (Å²) in [5.74, 6) is 0.0749. The molecule has 9 heteroatoms. The molecular weight excluding hydrogens is 299 g/mol. The van der Waals surface area contributed by atoms with Gasteiger partial charge >= 0.3 is 6.36 Å². The normalized spacial score (nSPS) is 11.4. The van der Waals surface area contributed by atoms with Crippen LogP contribution in [-0.2, 0) is 0 Å². The molecule has 1 aromatic carbocycles. The lowest BCUT2D eigenvalue weighted by atomic mass is 10.1. The second-order valence-corrected chi connectivity index (χ2v) is 4.16. The zero-order valence-electron chi connectivity index (χ0n) is 10.8. The number of hydrogen-bond donors (Lipinski definition) is 1. The van der Waals surface area contributed by atoms with E-state index in [1.807, 2.05) is 0 Å². The van der Waals surface area contributed by atoms with Gasteiger partial charge in [-0.25, -0.2) is 10.1 Å². The van der Waals surface area contributed by atoms with Crippen molar-refractivity contribution >= 4 is 0 Å². The number of pyridine rings is 1. The van der Waals surface area contributed by atoms with Gasteiger partial charge in [0, 0.05) is 5.56 Å². The van der Waals surface area contributed by atoms with E-state index in [-0.39, 0.29) is 5.75 Å². The molecule has 0 unspecified atom stereocenters. The van der Waals surface area contributed by atoms with Crippen LogP contribution in [0.2, 0.25) is 0 Å². The summed E-state index contributed by atoms with van der Waals surface area (Å²) in [5, 5.41) is 13.2. The second kappa shape index (κ2) is 5.43. The standard InChI is InChI=1S/C13H7F3N5O/c14-13(15,16)22-9-6-4-8(5-7-9)10-2-1-3-11(17-10)12-18-20-21-19-12/h2-7H,(H,18,19,20,21). The van der Waals surface area contributed by atoms with Gasteiger partial charge in [0.25, 0.3) is 0 Å². The number of benzene rings is 1. The summed E-state index contributed by atoms with van der Waals surface area (Å²) in [5.41, 5.74) is 1.60. The van der Waals surface area contributed by atoms with Crippen LogP contribution in [0.25, 0.3) is 22.8 Å². The molecule has 0 aliphatic carbocycles. The maximum atomic E-state index is 12.1. The molecule has 0 aliphatic heterocycles. The van der Waals surface area contributed by atoms with Crippen LogP contribution in [-0.4, -0.2) is 32.0 Å². The van der Waals surface area contributed by atoms with Crippen molar-refractivity contribution in [3.63, 3.8) is 0 Å². The van der Waals surface area contributed by atoms with E-state index in [1.54, 1.807) is 12.1 Å². The first-order valence-electron chi connectivity index (χ1n) is 6.00. The first-order chi connectivity index (χ1) is 10.5. The number of alkyl halides is 3. The zero-order valence-corrected chi connectivity index (χ0v) is 10.8. The maximum Gasteiger partial charge on any atom is 0.573 e. The summed E-state index contributed by atoms with van der Waals surface area (Å²) in [6, 6.07) is 11.4. The van der Waals surface area contributed by atoms with Gasteiger partial charge in [0.15, 0.2) is 5.82 Å². The summed E-state index contributed by atoms with van der Waals surface area (Å²) in [4.78, 5) is 4.32. The van der Waals surface area contributed by atoms with Crippen molar-refractivity contribution in [1.82, 2.24) is 25.6 Å². The van der Waals surface area contributed by atoms with E-state index < -0.39 is 6.36 Å². The molecule has 1 N–H and O–H groups in total. The smallest absolute Gasteiger partial charge is 0.406 e. The lowest BCUT2D eigenvalue weighted by Crippen LogP contribution is -2.16. The molecular formula is C13H7F3N5O. The number of nitrogens with one attached hydrogen (secondary N) is 1. The van der Waals surface area contributed by atoms with Crippen molar-refractivity contribution in [3.8, 4) is 28.5 Å². The highest BCUT2D eigenvalue weighted by molar-refractivity contribution is 5.63. The molecule has 6 nitrogen and oxygen atoms in total. The molecule has 0 atom stereocenters. The lowest BCUT2D eigenvalue weighted by molar-refractivity contribution is -0.274. The van der Waals surface area contributed by atoms with Crippen LogP contribution < -0.4 is 4.74 Å². The molecule has 22 heavy (non-hydrogen) atoms.